The van der Waals surface area contributed by atoms with Gasteiger partial charge in [0.1, 0.15) is 34.1 Å². The lowest BCUT2D eigenvalue weighted by atomic mass is 10.1. The molecule has 3 rings (SSSR count). The third-order valence-corrected chi connectivity index (χ3v) is 4.71. The fraction of sp³-hybridized carbons (Fsp3) is 0.143. The highest BCUT2D eigenvalue weighted by molar-refractivity contribution is 6.32. The maximum absolute atomic E-state index is 15.2. The van der Waals surface area contributed by atoms with Crippen molar-refractivity contribution >= 4 is 29.1 Å². The van der Waals surface area contributed by atoms with Crippen molar-refractivity contribution in [2.24, 2.45) is 5.73 Å². The van der Waals surface area contributed by atoms with Crippen LogP contribution in [0.5, 0.6) is 23.0 Å². The predicted octanol–water partition coefficient (Wildman–Crippen LogP) is 5.34. The molecule has 17 heteroatoms. The molecule has 9 nitrogen and oxygen atoms in total. The van der Waals surface area contributed by atoms with Crippen LogP contribution in [0.1, 0.15) is 26.5 Å². The van der Waals surface area contributed by atoms with Crippen molar-refractivity contribution in [1.29, 1.82) is 0 Å². The number of carbonyl (C=O) groups excluding carboxylic acids is 2. The summed E-state index contributed by atoms with van der Waals surface area (Å²) in [5, 5.41) is 1.50. The Bertz CT molecular complexity index is 1380. The first kappa shape index (κ1) is 28.2. The number of rotatable bonds is 7. The molecule has 38 heavy (non-hydrogen) atoms. The Morgan fingerprint density at radius 1 is 1.00 bits per heavy atom. The topological polar surface area (TPSA) is 126 Å². The molecular weight excluding hydrogens is 557 g/mol. The fourth-order valence-electron chi connectivity index (χ4n) is 2.92. The van der Waals surface area contributed by atoms with Crippen molar-refractivity contribution in [3.63, 3.8) is 0 Å². The van der Waals surface area contributed by atoms with E-state index in [4.69, 9.17) is 22.1 Å². The number of primary amides is 1. The van der Waals surface area contributed by atoms with Gasteiger partial charge in [-0.25, -0.2) is 14.4 Å². The minimum absolute atomic E-state index is 0.276. The monoisotopic (exact) mass is 568 g/mol. The maximum Gasteiger partial charge on any atom is 0.573 e. The molecule has 0 spiro atoms. The molecule has 3 aromatic rings. The smallest absolute Gasteiger partial charge is 0.496 e. The average molecular weight is 569 g/mol. The van der Waals surface area contributed by atoms with E-state index in [9.17, 15) is 35.9 Å². The molecule has 0 unspecified atom stereocenters. The van der Waals surface area contributed by atoms with Gasteiger partial charge in [-0.2, -0.15) is 13.2 Å². The molecule has 1 aromatic heterocycles. The Labute approximate surface area is 212 Å². The normalized spacial score (nSPS) is 11.6. The Kier molecular flexibility index (Phi) is 7.85. The van der Waals surface area contributed by atoms with Crippen LogP contribution in [-0.4, -0.2) is 35.3 Å². The summed E-state index contributed by atoms with van der Waals surface area (Å²) in [5.74, 6) is -8.24. The molecule has 3 N–H and O–H groups in total. The van der Waals surface area contributed by atoms with Gasteiger partial charge in [-0.3, -0.25) is 9.59 Å². The summed E-state index contributed by atoms with van der Waals surface area (Å²) in [4.78, 5) is 31.0. The summed E-state index contributed by atoms with van der Waals surface area (Å²) in [5.41, 5.74) is 1.48. The molecule has 0 atom stereocenters. The molecule has 0 aliphatic carbocycles. The van der Waals surface area contributed by atoms with Crippen LogP contribution in [0.15, 0.2) is 36.7 Å². The van der Waals surface area contributed by atoms with Gasteiger partial charge >= 0.3 is 12.5 Å². The number of hydrogen-bond donors (Lipinski definition) is 2. The van der Waals surface area contributed by atoms with Crippen molar-refractivity contribution in [3.05, 3.63) is 64.5 Å². The summed E-state index contributed by atoms with van der Waals surface area (Å²) >= 11 is 5.90. The highest BCUT2D eigenvalue weighted by Gasteiger charge is 2.41. The van der Waals surface area contributed by atoms with Gasteiger partial charge in [0.25, 0.3) is 11.8 Å². The van der Waals surface area contributed by atoms with Crippen LogP contribution in [0.25, 0.3) is 0 Å². The van der Waals surface area contributed by atoms with Crippen LogP contribution in [0.2, 0.25) is 5.02 Å². The van der Waals surface area contributed by atoms with Crippen LogP contribution in [-0.2, 0) is 6.18 Å². The van der Waals surface area contributed by atoms with E-state index in [0.29, 0.717) is 12.1 Å². The highest BCUT2D eigenvalue weighted by Crippen LogP contribution is 2.44. The van der Waals surface area contributed by atoms with Crippen LogP contribution in [0.3, 0.4) is 0 Å². The SMILES string of the molecule is COc1cc(Oc2ccc(OC(F)(F)F)cc2Cl)c(C(=O)Nc2cnc(C(N)=O)nc2)c(F)c1C(F)(F)F. The number of alkyl halides is 6. The summed E-state index contributed by atoms with van der Waals surface area (Å²) in [6.07, 6.45) is -8.65. The second-order valence-corrected chi connectivity index (χ2v) is 7.40. The third kappa shape index (κ3) is 6.50. The number of methoxy groups -OCH3 is 1. The number of aromatic nitrogens is 2. The highest BCUT2D eigenvalue weighted by atomic mass is 35.5. The number of amides is 2. The minimum atomic E-state index is -5.33. The second kappa shape index (κ2) is 10.6. The molecular formula is C21H12ClF7N4O5. The zero-order valence-electron chi connectivity index (χ0n) is 18.5. The van der Waals surface area contributed by atoms with E-state index in [1.807, 2.05) is 5.32 Å². The van der Waals surface area contributed by atoms with E-state index >= 15 is 4.39 Å². The van der Waals surface area contributed by atoms with Crippen LogP contribution in [0.4, 0.5) is 36.4 Å². The second-order valence-electron chi connectivity index (χ2n) is 6.99. The van der Waals surface area contributed by atoms with Gasteiger partial charge in [0.05, 0.1) is 30.2 Å². The number of ether oxygens (including phenoxy) is 3. The summed E-state index contributed by atoms with van der Waals surface area (Å²) in [6, 6.07) is 2.79. The van der Waals surface area contributed by atoms with E-state index in [1.165, 1.54) is 0 Å². The van der Waals surface area contributed by atoms with E-state index in [-0.39, 0.29) is 5.69 Å². The summed E-state index contributed by atoms with van der Waals surface area (Å²) in [6.45, 7) is 0. The maximum atomic E-state index is 15.2. The molecule has 0 aliphatic rings. The van der Waals surface area contributed by atoms with Gasteiger partial charge in [-0.05, 0) is 12.1 Å². The minimum Gasteiger partial charge on any atom is -0.496 e. The molecule has 2 amide bonds. The molecule has 0 radical (unpaired) electrons. The first-order chi connectivity index (χ1) is 17.6. The van der Waals surface area contributed by atoms with Crippen LogP contribution >= 0.6 is 11.6 Å². The molecule has 0 bridgehead atoms. The average Bonchev–Trinajstić information content (AvgIpc) is 2.78. The third-order valence-electron chi connectivity index (χ3n) is 4.41. The zero-order chi connectivity index (χ0) is 28.4. The van der Waals surface area contributed by atoms with Gasteiger partial charge in [-0.1, -0.05) is 11.6 Å². The fourth-order valence-corrected chi connectivity index (χ4v) is 3.12. The molecule has 1 heterocycles. The number of nitrogens with two attached hydrogens (primary N) is 1. The lowest BCUT2D eigenvalue weighted by Crippen LogP contribution is -2.20. The molecule has 202 valence electrons. The number of benzene rings is 2. The Morgan fingerprint density at radius 2 is 1.63 bits per heavy atom. The number of halogens is 8. The van der Waals surface area contributed by atoms with Crippen molar-refractivity contribution in [2.75, 3.05) is 12.4 Å². The summed E-state index contributed by atoms with van der Waals surface area (Å²) in [7, 11) is 0.793. The van der Waals surface area contributed by atoms with Gasteiger partial charge in [0.15, 0.2) is 5.82 Å². The number of hydrogen-bond acceptors (Lipinski definition) is 7. The Hall–Kier alpha value is -4.34. The van der Waals surface area contributed by atoms with E-state index in [2.05, 4.69) is 19.4 Å². The van der Waals surface area contributed by atoms with Crippen molar-refractivity contribution < 1.29 is 54.5 Å². The van der Waals surface area contributed by atoms with E-state index in [1.54, 1.807) is 0 Å². The number of carbonyl (C=O) groups is 2. The quantitative estimate of drug-likeness (QED) is 0.369. The lowest BCUT2D eigenvalue weighted by Gasteiger charge is -2.19. The van der Waals surface area contributed by atoms with E-state index < -0.39 is 75.1 Å². The van der Waals surface area contributed by atoms with Crippen molar-refractivity contribution in [2.45, 2.75) is 12.5 Å². The number of nitrogens with one attached hydrogen (secondary N) is 1. The molecule has 0 saturated heterocycles. The predicted molar refractivity (Wildman–Crippen MR) is 115 cm³/mol. The first-order valence-electron chi connectivity index (χ1n) is 9.74. The molecule has 0 fully saturated rings. The largest absolute Gasteiger partial charge is 0.573 e. The van der Waals surface area contributed by atoms with Crippen molar-refractivity contribution in [3.8, 4) is 23.0 Å². The number of anilines is 1. The lowest BCUT2D eigenvalue weighted by molar-refractivity contribution is -0.274. The molecule has 0 saturated carbocycles. The first-order valence-corrected chi connectivity index (χ1v) is 10.1. The Balaban J connectivity index is 2.09. The standard InChI is InChI=1S/C21H12ClF7N4O5/c1-36-13-5-12(37-11-3-2-9(4-10(11)22)38-21(27,28)29)14(16(23)15(13)20(24,25)26)19(35)33-8-6-31-18(17(30)34)32-7-8/h2-7H,1H3,(H2,30,34)(H,33,35). The van der Waals surface area contributed by atoms with E-state index in [0.717, 1.165) is 31.6 Å². The van der Waals surface area contributed by atoms with Crippen LogP contribution in [0, 0.1) is 5.82 Å². The Morgan fingerprint density at radius 3 is 2.13 bits per heavy atom. The van der Waals surface area contributed by atoms with Gasteiger partial charge in [0, 0.05) is 12.1 Å². The number of nitrogens with zero attached hydrogens (tertiary/aromatic N) is 2. The van der Waals surface area contributed by atoms with Gasteiger partial charge < -0.3 is 25.3 Å². The molecule has 2 aromatic carbocycles. The molecule has 0 aliphatic heterocycles. The van der Waals surface area contributed by atoms with Gasteiger partial charge in [0.2, 0.25) is 5.82 Å². The van der Waals surface area contributed by atoms with Crippen LogP contribution < -0.4 is 25.3 Å². The van der Waals surface area contributed by atoms with Gasteiger partial charge in [-0.15, -0.1) is 13.2 Å². The zero-order valence-corrected chi connectivity index (χ0v) is 19.3. The summed E-state index contributed by atoms with van der Waals surface area (Å²) < 4.78 is 107. The van der Waals surface area contributed by atoms with Crippen molar-refractivity contribution in [1.82, 2.24) is 9.97 Å².